The Labute approximate surface area is 93.0 Å². The molecule has 0 unspecified atom stereocenters. The molecule has 0 aliphatic heterocycles. The van der Waals surface area contributed by atoms with Crippen molar-refractivity contribution in [3.63, 3.8) is 0 Å². The largest absolute Gasteiger partial charge is 0.386 e. The molecular formula is C11H24N4. The summed E-state index contributed by atoms with van der Waals surface area (Å²) in [5.74, 6) is 0. The fourth-order valence-electron chi connectivity index (χ4n) is 1.04. The Balaban J connectivity index is 3.22. The van der Waals surface area contributed by atoms with E-state index in [9.17, 15) is 0 Å². The minimum Gasteiger partial charge on any atom is -0.386 e. The summed E-state index contributed by atoms with van der Waals surface area (Å²) in [4.78, 5) is 0. The lowest BCUT2D eigenvalue weighted by molar-refractivity contribution is 0.639. The molecule has 0 aliphatic rings. The van der Waals surface area contributed by atoms with E-state index in [1.54, 1.807) is 0 Å². The van der Waals surface area contributed by atoms with Crippen LogP contribution < -0.4 is 21.7 Å². The molecule has 0 fully saturated rings. The van der Waals surface area contributed by atoms with Gasteiger partial charge in [0.25, 0.3) is 0 Å². The van der Waals surface area contributed by atoms with E-state index in [4.69, 9.17) is 5.73 Å². The van der Waals surface area contributed by atoms with Crippen LogP contribution in [0.3, 0.4) is 0 Å². The number of nitrogens with two attached hydrogens (primary N) is 1. The van der Waals surface area contributed by atoms with E-state index >= 15 is 0 Å². The maximum absolute atomic E-state index is 5.35. The van der Waals surface area contributed by atoms with Crippen molar-refractivity contribution in [2.45, 2.75) is 6.92 Å². The molecule has 4 heteroatoms. The molecule has 0 atom stereocenters. The van der Waals surface area contributed by atoms with E-state index in [0.717, 1.165) is 44.0 Å². The predicted octanol–water partition coefficient (Wildman–Crippen LogP) is -0.196. The van der Waals surface area contributed by atoms with Crippen molar-refractivity contribution in [3.05, 3.63) is 24.4 Å². The minimum atomic E-state index is 0.682. The summed E-state index contributed by atoms with van der Waals surface area (Å²) in [5, 5.41) is 9.66. The van der Waals surface area contributed by atoms with Crippen LogP contribution in [0.4, 0.5) is 0 Å². The molecule has 0 aromatic carbocycles. The molecule has 0 aliphatic carbocycles. The third-order valence-corrected chi connectivity index (χ3v) is 1.76. The summed E-state index contributed by atoms with van der Waals surface area (Å²) >= 11 is 0. The lowest BCUT2D eigenvalue weighted by Crippen LogP contribution is -2.32. The van der Waals surface area contributed by atoms with Crippen LogP contribution in [-0.2, 0) is 0 Å². The molecule has 0 heterocycles. The van der Waals surface area contributed by atoms with Crippen molar-refractivity contribution >= 4 is 0 Å². The fourth-order valence-corrected chi connectivity index (χ4v) is 1.04. The Morgan fingerprint density at radius 1 is 1.07 bits per heavy atom. The predicted molar refractivity (Wildman–Crippen MR) is 66.8 cm³/mol. The standard InChI is InChI=1S/C11H24N4/c1-10(2)8-14-9-11(3)15-7-6-13-5-4-12/h13-15H,1,3-9,12H2,2H3. The molecule has 0 amide bonds. The smallest absolute Gasteiger partial charge is 0.0350 e. The number of rotatable bonds is 10. The molecule has 4 nitrogen and oxygen atoms in total. The van der Waals surface area contributed by atoms with Crippen molar-refractivity contribution < 1.29 is 0 Å². The molecule has 0 aromatic rings. The second kappa shape index (κ2) is 9.71. The van der Waals surface area contributed by atoms with Crippen LogP contribution in [0.1, 0.15) is 6.92 Å². The summed E-state index contributed by atoms with van der Waals surface area (Å²) in [6.45, 7) is 14.7. The molecule has 0 spiro atoms. The van der Waals surface area contributed by atoms with Crippen LogP contribution in [0.5, 0.6) is 0 Å². The summed E-state index contributed by atoms with van der Waals surface area (Å²) in [6, 6.07) is 0. The topological polar surface area (TPSA) is 62.1 Å². The van der Waals surface area contributed by atoms with Crippen molar-refractivity contribution in [2.24, 2.45) is 5.73 Å². The third-order valence-electron chi connectivity index (χ3n) is 1.76. The van der Waals surface area contributed by atoms with E-state index in [1.807, 2.05) is 6.92 Å². The van der Waals surface area contributed by atoms with Crippen LogP contribution in [-0.4, -0.2) is 39.3 Å². The van der Waals surface area contributed by atoms with Gasteiger partial charge in [-0.05, 0) is 6.92 Å². The van der Waals surface area contributed by atoms with Gasteiger partial charge in [0, 0.05) is 45.0 Å². The first-order valence-electron chi connectivity index (χ1n) is 5.34. The minimum absolute atomic E-state index is 0.682. The molecule has 5 N–H and O–H groups in total. The van der Waals surface area contributed by atoms with Gasteiger partial charge in [-0.25, -0.2) is 0 Å². The molecule has 0 rings (SSSR count). The van der Waals surface area contributed by atoms with Crippen LogP contribution in [0, 0.1) is 0 Å². The van der Waals surface area contributed by atoms with Crippen LogP contribution in [0.25, 0.3) is 0 Å². The van der Waals surface area contributed by atoms with E-state index in [0.29, 0.717) is 6.54 Å². The molecule has 0 bridgehead atoms. The maximum atomic E-state index is 5.35. The average Bonchev–Trinajstić information content (AvgIpc) is 2.17. The quantitative estimate of drug-likeness (QED) is 0.299. The van der Waals surface area contributed by atoms with Gasteiger partial charge >= 0.3 is 0 Å². The van der Waals surface area contributed by atoms with Gasteiger partial charge < -0.3 is 21.7 Å². The molecule has 0 radical (unpaired) electrons. The Morgan fingerprint density at radius 2 is 1.80 bits per heavy atom. The zero-order valence-electron chi connectivity index (χ0n) is 9.73. The van der Waals surface area contributed by atoms with Crippen molar-refractivity contribution in [1.82, 2.24) is 16.0 Å². The first kappa shape index (κ1) is 14.2. The van der Waals surface area contributed by atoms with Crippen molar-refractivity contribution in [2.75, 3.05) is 39.3 Å². The second-order valence-electron chi connectivity index (χ2n) is 3.63. The van der Waals surface area contributed by atoms with Crippen molar-refractivity contribution in [1.29, 1.82) is 0 Å². The highest BCUT2D eigenvalue weighted by molar-refractivity contribution is 4.97. The molecule has 0 saturated heterocycles. The summed E-state index contributed by atoms with van der Waals surface area (Å²) in [6.07, 6.45) is 0. The number of hydrogen-bond donors (Lipinski definition) is 4. The first-order chi connectivity index (χ1) is 7.16. The van der Waals surface area contributed by atoms with E-state index in [-0.39, 0.29) is 0 Å². The lowest BCUT2D eigenvalue weighted by Gasteiger charge is -2.11. The monoisotopic (exact) mass is 212 g/mol. The average molecular weight is 212 g/mol. The Kier molecular flexibility index (Phi) is 9.16. The zero-order chi connectivity index (χ0) is 11.5. The Hall–Kier alpha value is -0.840. The van der Waals surface area contributed by atoms with Gasteiger partial charge in [0.15, 0.2) is 0 Å². The first-order valence-corrected chi connectivity index (χ1v) is 5.34. The normalized spacial score (nSPS) is 10.0. The van der Waals surface area contributed by atoms with Gasteiger partial charge in [-0.1, -0.05) is 18.7 Å². The van der Waals surface area contributed by atoms with Gasteiger partial charge in [0.1, 0.15) is 0 Å². The van der Waals surface area contributed by atoms with E-state index in [1.165, 1.54) is 0 Å². The SMILES string of the molecule is C=C(C)CNCC(=C)NCCNCCN. The van der Waals surface area contributed by atoms with Crippen LogP contribution in [0.2, 0.25) is 0 Å². The van der Waals surface area contributed by atoms with Gasteiger partial charge in [0.05, 0.1) is 0 Å². The van der Waals surface area contributed by atoms with Gasteiger partial charge in [-0.15, -0.1) is 0 Å². The second-order valence-corrected chi connectivity index (χ2v) is 3.63. The summed E-state index contributed by atoms with van der Waals surface area (Å²) < 4.78 is 0. The molecule has 88 valence electrons. The summed E-state index contributed by atoms with van der Waals surface area (Å²) in [7, 11) is 0. The lowest BCUT2D eigenvalue weighted by atomic mass is 10.3. The highest BCUT2D eigenvalue weighted by atomic mass is 15.0. The van der Waals surface area contributed by atoms with Crippen LogP contribution >= 0.6 is 0 Å². The van der Waals surface area contributed by atoms with Gasteiger partial charge in [-0.2, -0.15) is 0 Å². The van der Waals surface area contributed by atoms with Crippen LogP contribution in [0.15, 0.2) is 24.4 Å². The van der Waals surface area contributed by atoms with Gasteiger partial charge in [-0.3, -0.25) is 0 Å². The number of hydrogen-bond acceptors (Lipinski definition) is 4. The van der Waals surface area contributed by atoms with E-state index < -0.39 is 0 Å². The van der Waals surface area contributed by atoms with Crippen molar-refractivity contribution in [3.8, 4) is 0 Å². The highest BCUT2D eigenvalue weighted by Gasteiger charge is 1.92. The highest BCUT2D eigenvalue weighted by Crippen LogP contribution is 1.84. The molecular weight excluding hydrogens is 188 g/mol. The Bertz CT molecular complexity index is 189. The molecule has 15 heavy (non-hydrogen) atoms. The maximum Gasteiger partial charge on any atom is 0.0350 e. The van der Waals surface area contributed by atoms with E-state index in [2.05, 4.69) is 29.1 Å². The number of nitrogens with one attached hydrogen (secondary N) is 3. The molecule has 0 saturated carbocycles. The fraction of sp³-hybridized carbons (Fsp3) is 0.636. The zero-order valence-corrected chi connectivity index (χ0v) is 9.73. The summed E-state index contributed by atoms with van der Waals surface area (Å²) in [5.41, 5.74) is 7.48. The van der Waals surface area contributed by atoms with Gasteiger partial charge in [0.2, 0.25) is 0 Å². The molecule has 0 aromatic heterocycles. The third kappa shape index (κ3) is 11.1. The Morgan fingerprint density at radius 3 is 2.40 bits per heavy atom.